The highest BCUT2D eigenvalue weighted by atomic mass is 79.9. The Morgan fingerprint density at radius 2 is 1.92 bits per heavy atom. The maximum atomic E-state index is 9.02. The molecule has 2 N–H and O–H groups in total. The molecule has 0 aromatic heterocycles. The van der Waals surface area contributed by atoms with Gasteiger partial charge in [-0.05, 0) is 29.7 Å². The van der Waals surface area contributed by atoms with Gasteiger partial charge in [0.2, 0.25) is 0 Å². The number of aliphatic hydroxyl groups excluding tert-OH is 2. The van der Waals surface area contributed by atoms with E-state index in [1.165, 1.54) is 0 Å². The van der Waals surface area contributed by atoms with Crippen LogP contribution in [0.15, 0.2) is 16.6 Å². The Hall–Kier alpha value is -0.380. The molecule has 0 fully saturated rings. The summed E-state index contributed by atoms with van der Waals surface area (Å²) in [5.74, 6) is 0. The van der Waals surface area contributed by atoms with Crippen LogP contribution in [0.3, 0.4) is 0 Å². The van der Waals surface area contributed by atoms with E-state index in [4.69, 9.17) is 10.2 Å². The second kappa shape index (κ2) is 4.03. The van der Waals surface area contributed by atoms with Gasteiger partial charge >= 0.3 is 0 Å². The minimum Gasteiger partial charge on any atom is -0.392 e. The summed E-state index contributed by atoms with van der Waals surface area (Å²) in [4.78, 5) is 0. The summed E-state index contributed by atoms with van der Waals surface area (Å²) < 4.78 is 0.962. The smallest absolute Gasteiger partial charge is 0.0688 e. The fourth-order valence-corrected chi connectivity index (χ4v) is 1.52. The van der Waals surface area contributed by atoms with Crippen LogP contribution in [0.1, 0.15) is 16.7 Å². The van der Waals surface area contributed by atoms with Crippen molar-refractivity contribution < 1.29 is 10.2 Å². The number of rotatable bonds is 2. The summed E-state index contributed by atoms with van der Waals surface area (Å²) in [6.07, 6.45) is 0. The van der Waals surface area contributed by atoms with Crippen LogP contribution in [-0.2, 0) is 13.2 Å². The molecule has 0 saturated heterocycles. The average Bonchev–Trinajstić information content (AvgIpc) is 2.09. The summed E-state index contributed by atoms with van der Waals surface area (Å²) in [6, 6.07) is 3.68. The number of hydrogen-bond donors (Lipinski definition) is 2. The molecular formula is C9H11BrO2. The van der Waals surface area contributed by atoms with Crippen LogP contribution in [0.25, 0.3) is 0 Å². The van der Waals surface area contributed by atoms with Crippen molar-refractivity contribution in [1.29, 1.82) is 0 Å². The summed E-state index contributed by atoms with van der Waals surface area (Å²) in [7, 11) is 0. The zero-order valence-electron chi connectivity index (χ0n) is 6.84. The lowest BCUT2D eigenvalue weighted by atomic mass is 10.0. The Morgan fingerprint density at radius 3 is 2.42 bits per heavy atom. The summed E-state index contributed by atoms with van der Waals surface area (Å²) in [5, 5.41) is 18.0. The van der Waals surface area contributed by atoms with Gasteiger partial charge in [-0.2, -0.15) is 0 Å². The van der Waals surface area contributed by atoms with Crippen LogP contribution in [-0.4, -0.2) is 10.2 Å². The first-order valence-corrected chi connectivity index (χ1v) is 4.48. The molecule has 0 aliphatic carbocycles. The van der Waals surface area contributed by atoms with Gasteiger partial charge in [0.25, 0.3) is 0 Å². The van der Waals surface area contributed by atoms with Gasteiger partial charge in [0.05, 0.1) is 13.2 Å². The molecule has 12 heavy (non-hydrogen) atoms. The van der Waals surface area contributed by atoms with E-state index < -0.39 is 0 Å². The third-order valence-electron chi connectivity index (χ3n) is 1.96. The van der Waals surface area contributed by atoms with Gasteiger partial charge in [0, 0.05) is 4.47 Å². The van der Waals surface area contributed by atoms with Crippen molar-refractivity contribution in [2.75, 3.05) is 0 Å². The molecule has 0 bridgehead atoms. The SMILES string of the molecule is Cc1c(Br)ccc(CO)c1CO. The van der Waals surface area contributed by atoms with Crippen molar-refractivity contribution in [3.8, 4) is 0 Å². The Kier molecular flexibility index (Phi) is 3.26. The first kappa shape index (κ1) is 9.71. The van der Waals surface area contributed by atoms with E-state index >= 15 is 0 Å². The number of halogens is 1. The lowest BCUT2D eigenvalue weighted by Crippen LogP contribution is -1.97. The van der Waals surface area contributed by atoms with E-state index in [9.17, 15) is 0 Å². The van der Waals surface area contributed by atoms with Gasteiger partial charge in [-0.1, -0.05) is 22.0 Å². The molecule has 0 heterocycles. The molecule has 66 valence electrons. The van der Waals surface area contributed by atoms with E-state index in [0.717, 1.165) is 21.2 Å². The predicted octanol–water partition coefficient (Wildman–Crippen LogP) is 1.74. The van der Waals surface area contributed by atoms with Gasteiger partial charge in [0.15, 0.2) is 0 Å². The highest BCUT2D eigenvalue weighted by molar-refractivity contribution is 9.10. The minimum absolute atomic E-state index is 0.0238. The van der Waals surface area contributed by atoms with E-state index in [1.807, 2.05) is 19.1 Å². The standard InChI is InChI=1S/C9H11BrO2/c1-6-8(5-12)7(4-11)2-3-9(6)10/h2-3,11-12H,4-5H2,1H3. The van der Waals surface area contributed by atoms with Gasteiger partial charge < -0.3 is 10.2 Å². The fourth-order valence-electron chi connectivity index (χ4n) is 1.15. The van der Waals surface area contributed by atoms with Crippen molar-refractivity contribution in [3.63, 3.8) is 0 Å². The van der Waals surface area contributed by atoms with Crippen LogP contribution in [0, 0.1) is 6.92 Å². The molecule has 0 radical (unpaired) electrons. The van der Waals surface area contributed by atoms with Gasteiger partial charge in [0.1, 0.15) is 0 Å². The summed E-state index contributed by atoms with van der Waals surface area (Å²) in [5.41, 5.74) is 2.59. The molecule has 0 aliphatic rings. The second-order valence-electron chi connectivity index (χ2n) is 2.63. The van der Waals surface area contributed by atoms with E-state index in [-0.39, 0.29) is 13.2 Å². The lowest BCUT2D eigenvalue weighted by Gasteiger charge is -2.09. The van der Waals surface area contributed by atoms with Crippen LogP contribution in [0.2, 0.25) is 0 Å². The van der Waals surface area contributed by atoms with E-state index in [0.29, 0.717) is 0 Å². The van der Waals surface area contributed by atoms with E-state index in [2.05, 4.69) is 15.9 Å². The van der Waals surface area contributed by atoms with Crippen molar-refractivity contribution in [2.45, 2.75) is 20.1 Å². The first-order valence-electron chi connectivity index (χ1n) is 3.69. The van der Waals surface area contributed by atoms with Crippen molar-refractivity contribution in [3.05, 3.63) is 33.3 Å². The maximum absolute atomic E-state index is 9.02. The molecule has 0 unspecified atom stereocenters. The Bertz CT molecular complexity index is 284. The zero-order valence-corrected chi connectivity index (χ0v) is 8.43. The molecule has 0 saturated carbocycles. The number of hydrogen-bond acceptors (Lipinski definition) is 2. The Balaban J connectivity index is 3.25. The number of aliphatic hydroxyl groups is 2. The molecule has 0 atom stereocenters. The molecule has 3 heteroatoms. The third kappa shape index (κ3) is 1.68. The van der Waals surface area contributed by atoms with Crippen molar-refractivity contribution in [2.24, 2.45) is 0 Å². The molecular weight excluding hydrogens is 220 g/mol. The quantitative estimate of drug-likeness (QED) is 0.813. The normalized spacial score (nSPS) is 10.3. The van der Waals surface area contributed by atoms with Gasteiger partial charge in [-0.3, -0.25) is 0 Å². The molecule has 1 aromatic carbocycles. The highest BCUT2D eigenvalue weighted by Gasteiger charge is 2.06. The molecule has 0 aliphatic heterocycles. The van der Waals surface area contributed by atoms with Gasteiger partial charge in [-0.15, -0.1) is 0 Å². The number of benzene rings is 1. The topological polar surface area (TPSA) is 40.5 Å². The molecule has 1 rings (SSSR count). The van der Waals surface area contributed by atoms with Crippen LogP contribution in [0.5, 0.6) is 0 Å². The summed E-state index contributed by atoms with van der Waals surface area (Å²) >= 11 is 3.36. The maximum Gasteiger partial charge on any atom is 0.0688 e. The van der Waals surface area contributed by atoms with Gasteiger partial charge in [-0.25, -0.2) is 0 Å². The van der Waals surface area contributed by atoms with Crippen LogP contribution in [0.4, 0.5) is 0 Å². The average molecular weight is 231 g/mol. The van der Waals surface area contributed by atoms with E-state index in [1.54, 1.807) is 0 Å². The highest BCUT2D eigenvalue weighted by Crippen LogP contribution is 2.23. The van der Waals surface area contributed by atoms with Crippen LogP contribution >= 0.6 is 15.9 Å². The zero-order chi connectivity index (χ0) is 9.14. The van der Waals surface area contributed by atoms with Crippen molar-refractivity contribution >= 4 is 15.9 Å². The Morgan fingerprint density at radius 1 is 1.25 bits per heavy atom. The monoisotopic (exact) mass is 230 g/mol. The molecule has 0 spiro atoms. The van der Waals surface area contributed by atoms with Crippen LogP contribution < -0.4 is 0 Å². The summed E-state index contributed by atoms with van der Waals surface area (Å²) in [6.45, 7) is 1.86. The largest absolute Gasteiger partial charge is 0.392 e. The molecule has 0 amide bonds. The third-order valence-corrected chi connectivity index (χ3v) is 2.82. The first-order chi connectivity index (χ1) is 5.70. The van der Waals surface area contributed by atoms with Crippen molar-refractivity contribution in [1.82, 2.24) is 0 Å². The molecule has 1 aromatic rings. The lowest BCUT2D eigenvalue weighted by molar-refractivity contribution is 0.259. The molecule has 2 nitrogen and oxygen atoms in total. The second-order valence-corrected chi connectivity index (χ2v) is 3.48. The fraction of sp³-hybridized carbons (Fsp3) is 0.333. The predicted molar refractivity (Wildman–Crippen MR) is 50.7 cm³/mol. The minimum atomic E-state index is -0.0266. The Labute approximate surface area is 80.0 Å².